The number of rotatable bonds is 8. The molecule has 1 aliphatic heterocycles. The number of hydrogen-bond acceptors (Lipinski definition) is 7. The zero-order valence-electron chi connectivity index (χ0n) is 21.7. The Bertz CT molecular complexity index is 1500. The van der Waals surface area contributed by atoms with E-state index in [0.717, 1.165) is 17.1 Å². The molecule has 0 spiro atoms. The summed E-state index contributed by atoms with van der Waals surface area (Å²) in [5.74, 6) is 2.39. The molecule has 2 N–H and O–H groups in total. The fourth-order valence-corrected chi connectivity index (χ4v) is 5.24. The molecule has 0 unspecified atom stereocenters. The topological polar surface area (TPSA) is 90.3 Å². The van der Waals surface area contributed by atoms with Crippen LogP contribution in [-0.4, -0.2) is 34.9 Å². The van der Waals surface area contributed by atoms with Crippen molar-refractivity contribution in [1.82, 2.24) is 14.8 Å². The molecule has 3 aromatic carbocycles. The molecule has 1 atom stereocenters. The van der Waals surface area contributed by atoms with Gasteiger partial charge in [-0.2, -0.15) is 4.98 Å². The van der Waals surface area contributed by atoms with Gasteiger partial charge in [-0.3, -0.25) is 4.79 Å². The van der Waals surface area contributed by atoms with Crippen LogP contribution in [0.25, 0.3) is 0 Å². The Morgan fingerprint density at radius 3 is 2.55 bits per heavy atom. The van der Waals surface area contributed by atoms with Crippen molar-refractivity contribution >= 4 is 29.3 Å². The Morgan fingerprint density at radius 2 is 1.82 bits per heavy atom. The zero-order chi connectivity index (χ0) is 26.6. The Morgan fingerprint density at radius 1 is 1.03 bits per heavy atom. The lowest BCUT2D eigenvalue weighted by Gasteiger charge is -2.29. The van der Waals surface area contributed by atoms with E-state index >= 15 is 0 Å². The quantitative estimate of drug-likeness (QED) is 0.279. The first-order valence-electron chi connectivity index (χ1n) is 12.2. The normalized spacial score (nSPS) is 14.5. The molecule has 8 nitrogen and oxygen atoms in total. The smallest absolute Gasteiger partial charge is 0.255 e. The van der Waals surface area contributed by atoms with Gasteiger partial charge in [0.15, 0.2) is 0 Å². The van der Waals surface area contributed by atoms with E-state index in [2.05, 4.69) is 41.8 Å². The minimum Gasteiger partial charge on any atom is -0.497 e. The van der Waals surface area contributed by atoms with Crippen LogP contribution in [0, 0.1) is 6.92 Å². The number of amides is 1. The molecule has 5 rings (SSSR count). The van der Waals surface area contributed by atoms with Crippen molar-refractivity contribution in [3.8, 4) is 11.5 Å². The first-order valence-corrected chi connectivity index (χ1v) is 13.2. The maximum atomic E-state index is 13.8. The Balaban J connectivity index is 1.50. The average molecular weight is 528 g/mol. The molecular formula is C29H29N5O3S. The van der Waals surface area contributed by atoms with Gasteiger partial charge >= 0.3 is 0 Å². The Kier molecular flexibility index (Phi) is 7.37. The Hall–Kier alpha value is -4.24. The SMILES string of the molecule is COc1ccc([C@H]2C(C(=O)Nc3ccccc3OC)=C(C)Nc3nc(SCc4cccc(C)c4)nn32)cc1. The van der Waals surface area contributed by atoms with Crippen molar-refractivity contribution in [2.24, 2.45) is 0 Å². The lowest BCUT2D eigenvalue weighted by molar-refractivity contribution is -0.113. The molecule has 1 aromatic heterocycles. The molecule has 0 radical (unpaired) electrons. The van der Waals surface area contributed by atoms with Gasteiger partial charge in [-0.15, -0.1) is 5.10 Å². The molecule has 1 amide bonds. The fraction of sp³-hybridized carbons (Fsp3) is 0.207. The molecule has 2 heterocycles. The molecule has 194 valence electrons. The minimum atomic E-state index is -0.493. The molecule has 9 heteroatoms. The predicted molar refractivity (Wildman–Crippen MR) is 150 cm³/mol. The number of carbonyl (C=O) groups is 1. The van der Waals surface area contributed by atoms with Crippen LogP contribution in [0.1, 0.15) is 29.7 Å². The van der Waals surface area contributed by atoms with Crippen molar-refractivity contribution in [2.75, 3.05) is 24.9 Å². The number of anilines is 2. The van der Waals surface area contributed by atoms with E-state index in [1.807, 2.05) is 55.5 Å². The van der Waals surface area contributed by atoms with E-state index in [1.54, 1.807) is 30.7 Å². The van der Waals surface area contributed by atoms with Crippen LogP contribution in [0.5, 0.6) is 11.5 Å². The molecule has 1 aliphatic rings. The number of carbonyl (C=O) groups excluding carboxylic acids is 1. The molecule has 0 saturated heterocycles. The number of methoxy groups -OCH3 is 2. The number of thioether (sulfide) groups is 1. The van der Waals surface area contributed by atoms with Gasteiger partial charge in [0, 0.05) is 11.4 Å². The van der Waals surface area contributed by atoms with Gasteiger partial charge in [-0.05, 0) is 49.2 Å². The van der Waals surface area contributed by atoms with E-state index in [-0.39, 0.29) is 5.91 Å². The summed E-state index contributed by atoms with van der Waals surface area (Å²) in [6.07, 6.45) is 0. The molecule has 0 saturated carbocycles. The van der Waals surface area contributed by atoms with Gasteiger partial charge in [-0.1, -0.05) is 65.9 Å². The number of para-hydroxylation sites is 2. The van der Waals surface area contributed by atoms with E-state index in [0.29, 0.717) is 33.8 Å². The largest absolute Gasteiger partial charge is 0.497 e. The summed E-state index contributed by atoms with van der Waals surface area (Å²) in [5.41, 5.74) is 5.13. The lowest BCUT2D eigenvalue weighted by Crippen LogP contribution is -2.31. The standard InChI is InChI=1S/C29H29N5O3S/c1-18-8-7-9-20(16-18)17-38-29-32-28-30-19(2)25(27(35)31-23-10-5-6-11-24(23)37-4)26(34(28)33-29)21-12-14-22(36-3)15-13-21/h5-16,26H,17H2,1-4H3,(H,31,35)(H,30,32,33)/t26-/m0/s1. The fourth-order valence-electron chi connectivity index (χ4n) is 4.47. The summed E-state index contributed by atoms with van der Waals surface area (Å²) in [6.45, 7) is 3.96. The average Bonchev–Trinajstić information content (AvgIpc) is 3.34. The van der Waals surface area contributed by atoms with Crippen molar-refractivity contribution in [3.05, 3.63) is 101 Å². The summed E-state index contributed by atoms with van der Waals surface area (Å²) < 4.78 is 12.6. The molecule has 0 fully saturated rings. The van der Waals surface area contributed by atoms with Crippen LogP contribution >= 0.6 is 11.8 Å². The van der Waals surface area contributed by atoms with Crippen molar-refractivity contribution < 1.29 is 14.3 Å². The van der Waals surface area contributed by atoms with Crippen LogP contribution in [0.15, 0.2) is 89.2 Å². The van der Waals surface area contributed by atoms with Crippen LogP contribution in [0.3, 0.4) is 0 Å². The van der Waals surface area contributed by atoms with Crippen molar-refractivity contribution in [1.29, 1.82) is 0 Å². The van der Waals surface area contributed by atoms with Gasteiger partial charge in [-0.25, -0.2) is 4.68 Å². The van der Waals surface area contributed by atoms with Gasteiger partial charge in [0.05, 0.1) is 25.5 Å². The van der Waals surface area contributed by atoms with E-state index in [9.17, 15) is 4.79 Å². The molecule has 4 aromatic rings. The minimum absolute atomic E-state index is 0.254. The molecule has 38 heavy (non-hydrogen) atoms. The highest BCUT2D eigenvalue weighted by Crippen LogP contribution is 2.38. The monoisotopic (exact) mass is 527 g/mol. The summed E-state index contributed by atoms with van der Waals surface area (Å²) in [5, 5.41) is 11.8. The van der Waals surface area contributed by atoms with Gasteiger partial charge < -0.3 is 20.1 Å². The van der Waals surface area contributed by atoms with E-state index < -0.39 is 6.04 Å². The van der Waals surface area contributed by atoms with Gasteiger partial charge in [0.25, 0.3) is 5.91 Å². The number of ether oxygens (including phenoxy) is 2. The van der Waals surface area contributed by atoms with E-state index in [4.69, 9.17) is 19.6 Å². The van der Waals surface area contributed by atoms with Crippen molar-refractivity contribution in [2.45, 2.75) is 30.8 Å². The number of nitrogens with one attached hydrogen (secondary N) is 2. The number of allylic oxidation sites excluding steroid dienone is 1. The first-order chi connectivity index (χ1) is 18.5. The van der Waals surface area contributed by atoms with Crippen LogP contribution in [-0.2, 0) is 10.5 Å². The second-order valence-electron chi connectivity index (χ2n) is 8.93. The second-order valence-corrected chi connectivity index (χ2v) is 9.88. The number of benzene rings is 3. The summed E-state index contributed by atoms with van der Waals surface area (Å²) >= 11 is 1.56. The maximum Gasteiger partial charge on any atom is 0.255 e. The molecular weight excluding hydrogens is 498 g/mol. The second kappa shape index (κ2) is 11.0. The third-order valence-corrected chi connectivity index (χ3v) is 7.22. The van der Waals surface area contributed by atoms with Gasteiger partial charge in [0.2, 0.25) is 11.1 Å². The number of hydrogen-bond donors (Lipinski definition) is 2. The first kappa shape index (κ1) is 25.4. The van der Waals surface area contributed by atoms with Crippen LogP contribution in [0.4, 0.5) is 11.6 Å². The lowest BCUT2D eigenvalue weighted by atomic mass is 9.95. The number of aromatic nitrogens is 3. The van der Waals surface area contributed by atoms with Gasteiger partial charge in [0.1, 0.15) is 17.5 Å². The predicted octanol–water partition coefficient (Wildman–Crippen LogP) is 5.82. The Labute approximate surface area is 226 Å². The number of nitrogens with zero attached hydrogens (tertiary/aromatic N) is 3. The third kappa shape index (κ3) is 5.24. The summed E-state index contributed by atoms with van der Waals surface area (Å²) in [7, 11) is 3.21. The highest BCUT2D eigenvalue weighted by atomic mass is 32.2. The van der Waals surface area contributed by atoms with E-state index in [1.165, 1.54) is 11.1 Å². The van der Waals surface area contributed by atoms with Crippen LogP contribution < -0.4 is 20.1 Å². The highest BCUT2D eigenvalue weighted by molar-refractivity contribution is 7.98. The van der Waals surface area contributed by atoms with Crippen molar-refractivity contribution in [3.63, 3.8) is 0 Å². The maximum absolute atomic E-state index is 13.8. The molecule has 0 bridgehead atoms. The molecule has 0 aliphatic carbocycles. The highest BCUT2D eigenvalue weighted by Gasteiger charge is 2.34. The zero-order valence-corrected chi connectivity index (χ0v) is 22.5. The third-order valence-electron chi connectivity index (χ3n) is 6.31. The number of aryl methyl sites for hydroxylation is 1. The summed E-state index contributed by atoms with van der Waals surface area (Å²) in [4.78, 5) is 18.5. The van der Waals surface area contributed by atoms with Crippen LogP contribution in [0.2, 0.25) is 0 Å². The number of fused-ring (bicyclic) bond motifs is 1. The summed E-state index contributed by atoms with van der Waals surface area (Å²) in [6, 6.07) is 22.9.